The van der Waals surface area contributed by atoms with Crippen molar-refractivity contribution in [1.82, 2.24) is 0 Å². The van der Waals surface area contributed by atoms with Gasteiger partial charge >= 0.3 is 22.3 Å². The Kier molecular flexibility index (Phi) is 11.2. The van der Waals surface area contributed by atoms with Crippen LogP contribution in [-0.2, 0) is 24.8 Å². The Morgan fingerprint density at radius 2 is 0.933 bits per heavy atom. The standard InChI is InChI=1S/C2H2O4.C2H4O2.H2O4S/c3-1(4)2(5)6;1-2(3)4;1-5(2,3)4/h(H,3,4)(H,5,6);1H3,(H,3,4);(H2,1,2,3,4). The van der Waals surface area contributed by atoms with Crippen molar-refractivity contribution in [3.05, 3.63) is 0 Å². The van der Waals surface area contributed by atoms with Crippen LogP contribution in [0.2, 0.25) is 0 Å². The lowest BCUT2D eigenvalue weighted by atomic mass is 10.7. The van der Waals surface area contributed by atoms with E-state index in [1.807, 2.05) is 0 Å². The molecule has 15 heavy (non-hydrogen) atoms. The third-order valence-electron chi connectivity index (χ3n) is 0.183. The minimum atomic E-state index is -4.67. The Bertz CT molecular complexity index is 288. The van der Waals surface area contributed by atoms with E-state index in [-0.39, 0.29) is 0 Å². The molecule has 10 nitrogen and oxygen atoms in total. The maximum atomic E-state index is 9.10. The van der Waals surface area contributed by atoms with Gasteiger partial charge in [0.2, 0.25) is 0 Å². The molecule has 0 bridgehead atoms. The number of rotatable bonds is 0. The van der Waals surface area contributed by atoms with Gasteiger partial charge in [-0.3, -0.25) is 13.9 Å². The van der Waals surface area contributed by atoms with E-state index in [9.17, 15) is 0 Å². The minimum Gasteiger partial charge on any atom is -0.481 e. The second-order valence-electron chi connectivity index (χ2n) is 1.58. The molecule has 0 aliphatic heterocycles. The van der Waals surface area contributed by atoms with E-state index in [4.69, 9.17) is 47.2 Å². The molecule has 0 aromatic heterocycles. The van der Waals surface area contributed by atoms with Crippen molar-refractivity contribution >= 4 is 28.3 Å². The fourth-order valence-electron chi connectivity index (χ4n) is 0. The Balaban J connectivity index is -0.000000147. The molecular formula is C4H8O10S. The van der Waals surface area contributed by atoms with Gasteiger partial charge in [0.15, 0.2) is 0 Å². The lowest BCUT2D eigenvalue weighted by Crippen LogP contribution is -2.09. The average molecular weight is 248 g/mol. The monoisotopic (exact) mass is 248 g/mol. The lowest BCUT2D eigenvalue weighted by molar-refractivity contribution is -0.159. The summed E-state index contributed by atoms with van der Waals surface area (Å²) in [4.78, 5) is 27.2. The molecule has 5 N–H and O–H groups in total. The van der Waals surface area contributed by atoms with Crippen LogP contribution in [0.3, 0.4) is 0 Å². The zero-order valence-electron chi connectivity index (χ0n) is 7.19. The van der Waals surface area contributed by atoms with Gasteiger partial charge < -0.3 is 15.3 Å². The summed E-state index contributed by atoms with van der Waals surface area (Å²) in [5.41, 5.74) is 0. The minimum absolute atomic E-state index is 0.833. The molecule has 0 fully saturated rings. The van der Waals surface area contributed by atoms with E-state index < -0.39 is 28.3 Å². The Morgan fingerprint density at radius 3 is 0.933 bits per heavy atom. The van der Waals surface area contributed by atoms with Crippen LogP contribution in [0.5, 0.6) is 0 Å². The summed E-state index contributed by atoms with van der Waals surface area (Å²) in [5, 5.41) is 22.2. The molecule has 11 heteroatoms. The van der Waals surface area contributed by atoms with E-state index in [0.717, 1.165) is 6.92 Å². The van der Waals surface area contributed by atoms with E-state index in [1.165, 1.54) is 0 Å². The smallest absolute Gasteiger partial charge is 0.414 e. The highest BCUT2D eigenvalue weighted by Crippen LogP contribution is 1.59. The zero-order chi connectivity index (χ0) is 13.2. The van der Waals surface area contributed by atoms with Crippen molar-refractivity contribution in [2.45, 2.75) is 6.92 Å². The third-order valence-corrected chi connectivity index (χ3v) is 0.183. The van der Waals surface area contributed by atoms with E-state index >= 15 is 0 Å². The fourth-order valence-corrected chi connectivity index (χ4v) is 0. The van der Waals surface area contributed by atoms with Crippen LogP contribution >= 0.6 is 0 Å². The second kappa shape index (κ2) is 8.86. The van der Waals surface area contributed by atoms with Crippen LogP contribution in [0, 0.1) is 0 Å². The molecule has 0 radical (unpaired) electrons. The van der Waals surface area contributed by atoms with Gasteiger partial charge in [-0.05, 0) is 0 Å². The summed E-state index contributed by atoms with van der Waals surface area (Å²) < 4.78 is 31.6. The molecular weight excluding hydrogens is 240 g/mol. The van der Waals surface area contributed by atoms with Crippen LogP contribution in [0.1, 0.15) is 6.92 Å². The van der Waals surface area contributed by atoms with Crippen LogP contribution < -0.4 is 0 Å². The Morgan fingerprint density at radius 1 is 0.867 bits per heavy atom. The van der Waals surface area contributed by atoms with Gasteiger partial charge in [-0.25, -0.2) is 9.59 Å². The summed E-state index contributed by atoms with van der Waals surface area (Å²) >= 11 is 0. The summed E-state index contributed by atoms with van der Waals surface area (Å²) in [5.74, 6) is -4.48. The molecule has 0 saturated heterocycles. The first kappa shape index (κ1) is 18.9. The van der Waals surface area contributed by atoms with Crippen molar-refractivity contribution in [1.29, 1.82) is 0 Å². The van der Waals surface area contributed by atoms with Gasteiger partial charge in [0.25, 0.3) is 5.97 Å². The first-order chi connectivity index (χ1) is 6.37. The predicted molar refractivity (Wildman–Crippen MR) is 42.8 cm³/mol. The second-order valence-corrected chi connectivity index (χ2v) is 2.47. The molecule has 0 heterocycles. The van der Waals surface area contributed by atoms with Gasteiger partial charge in [-0.15, -0.1) is 0 Å². The van der Waals surface area contributed by atoms with E-state index in [0.29, 0.717) is 0 Å². The highest BCUT2D eigenvalue weighted by atomic mass is 32.3. The molecule has 90 valence electrons. The number of carboxylic acids is 3. The molecule has 0 saturated carbocycles. The zero-order valence-corrected chi connectivity index (χ0v) is 8.00. The molecule has 0 aromatic rings. The third kappa shape index (κ3) is 250. The average Bonchev–Trinajstić information content (AvgIpc) is 1.80. The van der Waals surface area contributed by atoms with Crippen LogP contribution in [0.15, 0.2) is 0 Å². The van der Waals surface area contributed by atoms with Gasteiger partial charge in [0, 0.05) is 6.92 Å². The summed E-state index contributed by atoms with van der Waals surface area (Å²) in [6.45, 7) is 1.08. The lowest BCUT2D eigenvalue weighted by Gasteiger charge is -1.72. The summed E-state index contributed by atoms with van der Waals surface area (Å²) in [6, 6.07) is 0. The SMILES string of the molecule is CC(=O)O.O=C(O)C(=O)O.O=S(=O)(O)O. The van der Waals surface area contributed by atoms with Crippen molar-refractivity contribution in [2.75, 3.05) is 0 Å². The van der Waals surface area contributed by atoms with E-state index in [1.54, 1.807) is 0 Å². The van der Waals surface area contributed by atoms with E-state index in [2.05, 4.69) is 0 Å². The quantitative estimate of drug-likeness (QED) is 0.251. The van der Waals surface area contributed by atoms with Crippen LogP contribution in [0.4, 0.5) is 0 Å². The molecule has 0 aliphatic carbocycles. The predicted octanol–water partition coefficient (Wildman–Crippen LogP) is -1.41. The molecule has 0 amide bonds. The van der Waals surface area contributed by atoms with Crippen LogP contribution in [-0.4, -0.2) is 50.8 Å². The Hall–Kier alpha value is -1.72. The molecule has 0 spiro atoms. The van der Waals surface area contributed by atoms with Crippen molar-refractivity contribution in [3.8, 4) is 0 Å². The number of hydrogen-bond acceptors (Lipinski definition) is 5. The van der Waals surface area contributed by atoms with Crippen LogP contribution in [0.25, 0.3) is 0 Å². The largest absolute Gasteiger partial charge is 0.481 e. The number of aliphatic carboxylic acids is 3. The Labute approximate surface area is 83.3 Å². The van der Waals surface area contributed by atoms with Crippen molar-refractivity contribution < 1.29 is 47.2 Å². The van der Waals surface area contributed by atoms with Gasteiger partial charge in [-0.1, -0.05) is 0 Å². The molecule has 0 rings (SSSR count). The fraction of sp³-hybridized carbons (Fsp3) is 0.250. The number of carboxylic acid groups (broad SMARTS) is 3. The summed E-state index contributed by atoms with van der Waals surface area (Å²) in [7, 11) is -4.67. The summed E-state index contributed by atoms with van der Waals surface area (Å²) in [6.07, 6.45) is 0. The highest BCUT2D eigenvalue weighted by molar-refractivity contribution is 7.79. The first-order valence-electron chi connectivity index (χ1n) is 2.73. The molecule has 0 unspecified atom stereocenters. The maximum Gasteiger partial charge on any atom is 0.414 e. The molecule has 0 aliphatic rings. The first-order valence-corrected chi connectivity index (χ1v) is 4.13. The van der Waals surface area contributed by atoms with Crippen molar-refractivity contribution in [2.24, 2.45) is 0 Å². The van der Waals surface area contributed by atoms with Gasteiger partial charge in [-0.2, -0.15) is 8.42 Å². The molecule has 0 aromatic carbocycles. The molecule has 0 atom stereocenters. The van der Waals surface area contributed by atoms with Gasteiger partial charge in [0.1, 0.15) is 0 Å². The highest BCUT2D eigenvalue weighted by Gasteiger charge is 2.04. The van der Waals surface area contributed by atoms with Gasteiger partial charge in [0.05, 0.1) is 0 Å². The number of carbonyl (C=O) groups is 3. The maximum absolute atomic E-state index is 9.10. The topological polar surface area (TPSA) is 186 Å². The number of hydrogen-bond donors (Lipinski definition) is 5. The van der Waals surface area contributed by atoms with Crippen molar-refractivity contribution in [3.63, 3.8) is 0 Å². The normalized spacial score (nSPS) is 8.47.